The van der Waals surface area contributed by atoms with E-state index in [-0.39, 0.29) is 74.0 Å². The van der Waals surface area contributed by atoms with Crippen LogP contribution < -0.4 is 39.6 Å². The summed E-state index contributed by atoms with van der Waals surface area (Å²) in [6.45, 7) is 15.7. The maximum absolute atomic E-state index is 14.6. The van der Waals surface area contributed by atoms with E-state index in [0.717, 1.165) is 12.1 Å². The molecule has 7 rings (SSSR count). The Balaban J connectivity index is 0.00000864. The van der Waals surface area contributed by atoms with Crippen molar-refractivity contribution < 1.29 is 88.4 Å². The molecule has 0 aliphatic carbocycles. The first kappa shape index (κ1) is 53.8. The van der Waals surface area contributed by atoms with Crippen LogP contribution in [-0.2, 0) is 23.8 Å². The first-order valence-corrected chi connectivity index (χ1v) is 22.6. The molecular weight excluding hydrogens is 884 g/mol. The number of aliphatic hydroxyl groups excluding tert-OH is 2. The summed E-state index contributed by atoms with van der Waals surface area (Å²) in [5, 5.41) is 67.6. The van der Waals surface area contributed by atoms with Gasteiger partial charge in [0.25, 0.3) is 11.7 Å². The molecule has 68 heavy (non-hydrogen) atoms. The number of hydrogen-bond acceptors (Lipinski definition) is 15. The van der Waals surface area contributed by atoms with Crippen LogP contribution in [0.4, 0.5) is 5.69 Å². The van der Waals surface area contributed by atoms with E-state index in [4.69, 9.17) is 18.9 Å². The number of amides is 1. The van der Waals surface area contributed by atoms with Crippen LogP contribution in [0, 0.1) is 30.6 Å². The predicted molar refractivity (Wildman–Crippen MR) is 255 cm³/mol. The molecule has 0 radical (unpaired) electrons. The zero-order valence-electron chi connectivity index (χ0n) is 40.6. The number of ketones is 1. The van der Waals surface area contributed by atoms with Gasteiger partial charge >= 0.3 is 41.3 Å². The van der Waals surface area contributed by atoms with Crippen LogP contribution in [0.3, 0.4) is 0 Å². The molecule has 1 saturated heterocycles. The van der Waals surface area contributed by atoms with Crippen LogP contribution >= 0.6 is 0 Å². The second kappa shape index (κ2) is 22.9. The number of aliphatic hydroxyl groups is 2. The van der Waals surface area contributed by atoms with E-state index in [9.17, 15) is 39.9 Å². The number of esters is 1. The smallest absolute Gasteiger partial charge is 0.507 e. The Kier molecular flexibility index (Phi) is 18.1. The minimum atomic E-state index is -2.06. The zero-order valence-corrected chi connectivity index (χ0v) is 42.6. The fourth-order valence-electron chi connectivity index (χ4n) is 8.95. The van der Waals surface area contributed by atoms with Crippen LogP contribution in [-0.4, -0.2) is 129 Å². The third-order valence-electron chi connectivity index (χ3n) is 13.2. The number of nitrogens with one attached hydrogen (secondary N) is 1. The number of benzene rings is 3. The molecule has 3 aromatic rings. The number of carbonyl (C=O) groups is 3. The van der Waals surface area contributed by atoms with Gasteiger partial charge in [0.1, 0.15) is 23.4 Å². The Morgan fingerprint density at radius 2 is 1.60 bits per heavy atom. The molecule has 5 bridgehead atoms. The summed E-state index contributed by atoms with van der Waals surface area (Å²) in [5.41, 5.74) is 0.718. The van der Waals surface area contributed by atoms with Gasteiger partial charge in [0, 0.05) is 93.9 Å². The summed E-state index contributed by atoms with van der Waals surface area (Å²) >= 11 is 0. The summed E-state index contributed by atoms with van der Waals surface area (Å²) < 4.78 is 23.7. The number of Topliss-reactive ketones (excluding diaryl/α,β-unsaturated/α-hetero) is 1. The van der Waals surface area contributed by atoms with Crippen molar-refractivity contribution in [2.24, 2.45) is 28.8 Å². The van der Waals surface area contributed by atoms with Gasteiger partial charge in [-0.25, -0.2) is 0 Å². The van der Waals surface area contributed by atoms with Crippen LogP contribution in [0.5, 0.6) is 23.0 Å². The van der Waals surface area contributed by atoms with Gasteiger partial charge in [0.2, 0.25) is 0 Å². The minimum Gasteiger partial charge on any atom is -0.507 e. The SMILES string of the molecule is CO[C@H]1/C=C/O[C@@]2(C)Oc3c(C)c(O)c4c(O)c(c(/C=N\N5CCN(C/C=C/c6ccccc6)CC5)c(O)c4c3C2=O)NC(=O)/C(C)=C\C=C\[C@@H](C)[C@@H](O)[C@@H](C)[C@H](O)[C@H](C)[C@H](OC(C)=O)[C@@H]1C.[Na+]. The molecule has 1 fully saturated rings. The van der Waals surface area contributed by atoms with E-state index in [2.05, 4.69) is 27.5 Å². The van der Waals surface area contributed by atoms with E-state index >= 15 is 0 Å². The quantitative estimate of drug-likeness (QED) is 0.0658. The van der Waals surface area contributed by atoms with Gasteiger partial charge in [-0.05, 0) is 25.5 Å². The standard InChI is InChI=1S/C51H64N4O12.Na/c1-28-15-13-16-29(2)50(63)53-41-36(27-52-55-24-22-54(23-25-55)21-14-19-35-17-11-10-12-18-35)45(60)38-39(46(41)61)44(59)33(6)48-40(38)49(62)51(8,67-48)65-26-20-37(64-9)30(3)47(66-34(7)56)32(5)43(58)31(4)42(28)57;/h10-20,26-28,30-32,37,42-43,47,57-61H,21-25H2,1-9H3,(H,53,63);/q;+1/b15-13+,19-14+,26-20+,29-16-,52-27-;/t28-,30-,31-,32+,37+,42-,43+,47-,51+;/m1./s1. The number of fused-ring (bicyclic) bond motifs is 14. The molecule has 4 aliphatic heterocycles. The largest absolute Gasteiger partial charge is 1.00 e. The molecule has 17 heteroatoms. The number of rotatable bonds is 7. The third-order valence-corrected chi connectivity index (χ3v) is 13.2. The number of hydrazone groups is 1. The van der Waals surface area contributed by atoms with E-state index in [1.54, 1.807) is 44.9 Å². The van der Waals surface area contributed by atoms with Gasteiger partial charge in [-0.1, -0.05) is 88.4 Å². The number of piperazine rings is 1. The maximum Gasteiger partial charge on any atom is 1.00 e. The molecule has 360 valence electrons. The molecule has 9 atom stereocenters. The van der Waals surface area contributed by atoms with Crippen molar-refractivity contribution in [2.45, 2.75) is 85.6 Å². The summed E-state index contributed by atoms with van der Waals surface area (Å²) in [6, 6.07) is 10.0. The van der Waals surface area contributed by atoms with Crippen molar-refractivity contribution in [1.29, 1.82) is 0 Å². The Labute approximate surface area is 419 Å². The predicted octanol–water partition coefficient (Wildman–Crippen LogP) is 3.42. The molecule has 3 aromatic carbocycles. The van der Waals surface area contributed by atoms with Crippen molar-refractivity contribution in [3.63, 3.8) is 0 Å². The van der Waals surface area contributed by atoms with Crippen molar-refractivity contribution in [3.05, 3.63) is 94.8 Å². The van der Waals surface area contributed by atoms with Crippen molar-refractivity contribution >= 4 is 46.4 Å². The summed E-state index contributed by atoms with van der Waals surface area (Å²) in [5.74, 6) is -8.44. The molecule has 0 unspecified atom stereocenters. The molecule has 0 saturated carbocycles. The number of methoxy groups -OCH3 is 1. The Hall–Kier alpha value is -5.20. The Morgan fingerprint density at radius 3 is 2.25 bits per heavy atom. The van der Waals surface area contributed by atoms with Gasteiger partial charge in [0.05, 0.1) is 53.0 Å². The fraction of sp³-hybridized carbons (Fsp3) is 0.451. The molecule has 6 N–H and O–H groups in total. The number of anilines is 1. The number of ether oxygens (including phenoxy) is 4. The Morgan fingerprint density at radius 1 is 0.926 bits per heavy atom. The number of aromatic hydroxyl groups is 3. The van der Waals surface area contributed by atoms with Gasteiger partial charge in [-0.3, -0.25) is 24.3 Å². The summed E-state index contributed by atoms with van der Waals surface area (Å²) in [7, 11) is 1.44. The number of allylic oxidation sites excluding steroid dienone is 2. The number of carbonyl (C=O) groups excluding carboxylic acids is 3. The van der Waals surface area contributed by atoms with E-state index < -0.39 is 88.8 Å². The maximum atomic E-state index is 14.6. The van der Waals surface area contributed by atoms with Crippen LogP contribution in [0.25, 0.3) is 16.8 Å². The van der Waals surface area contributed by atoms with E-state index in [1.165, 1.54) is 59.4 Å². The topological polar surface area (TPSA) is 220 Å². The average Bonchev–Trinajstić information content (AvgIpc) is 3.57. The summed E-state index contributed by atoms with van der Waals surface area (Å²) in [4.78, 5) is 43.1. The molecule has 4 aliphatic rings. The van der Waals surface area contributed by atoms with Gasteiger partial charge in [-0.2, -0.15) is 5.10 Å². The normalized spacial score (nSPS) is 29.3. The van der Waals surface area contributed by atoms with Crippen LogP contribution in [0.2, 0.25) is 0 Å². The fourth-order valence-corrected chi connectivity index (χ4v) is 8.95. The molecule has 0 spiro atoms. The molecule has 4 heterocycles. The van der Waals surface area contributed by atoms with Crippen LogP contribution in [0.1, 0.15) is 75.5 Å². The van der Waals surface area contributed by atoms with Crippen molar-refractivity contribution in [2.75, 3.05) is 45.2 Å². The third kappa shape index (κ3) is 11.5. The van der Waals surface area contributed by atoms with Gasteiger partial charge in [0.15, 0.2) is 5.75 Å². The second-order valence-corrected chi connectivity index (χ2v) is 17.9. The molecule has 1 amide bonds. The average molecular weight is 948 g/mol. The number of nitrogens with zero attached hydrogens (tertiary/aromatic N) is 3. The number of phenols is 3. The van der Waals surface area contributed by atoms with Crippen molar-refractivity contribution in [3.8, 4) is 23.0 Å². The summed E-state index contributed by atoms with van der Waals surface area (Å²) in [6.07, 6.45) is 9.03. The first-order chi connectivity index (χ1) is 31.8. The Bertz CT molecular complexity index is 2480. The number of phenolic OH excluding ortho intramolecular Hbond substituents is 3. The van der Waals surface area contributed by atoms with Gasteiger partial charge < -0.3 is 49.8 Å². The van der Waals surface area contributed by atoms with Crippen molar-refractivity contribution in [1.82, 2.24) is 9.91 Å². The monoisotopic (exact) mass is 947 g/mol. The molecular formula is C51H64N4NaO12+. The zero-order chi connectivity index (χ0) is 48.9. The van der Waals surface area contributed by atoms with Gasteiger partial charge in [-0.15, -0.1) is 0 Å². The second-order valence-electron chi connectivity index (χ2n) is 17.9. The minimum absolute atomic E-state index is 0. The molecule has 16 nitrogen and oxygen atoms in total. The van der Waals surface area contributed by atoms with Crippen LogP contribution in [0.15, 0.2) is 77.6 Å². The van der Waals surface area contributed by atoms with E-state index in [1.807, 2.05) is 30.3 Å². The van der Waals surface area contributed by atoms with E-state index in [0.29, 0.717) is 26.2 Å². The first-order valence-electron chi connectivity index (χ1n) is 22.6. The number of hydrogen-bond donors (Lipinski definition) is 6. The molecule has 0 aromatic heterocycles.